The van der Waals surface area contributed by atoms with E-state index in [-0.39, 0.29) is 10.6 Å². The van der Waals surface area contributed by atoms with E-state index in [1.165, 1.54) is 40.5 Å². The van der Waals surface area contributed by atoms with Crippen molar-refractivity contribution < 1.29 is 21.6 Å². The molecule has 11 heteroatoms. The van der Waals surface area contributed by atoms with Crippen LogP contribution in [0.2, 0.25) is 0 Å². The van der Waals surface area contributed by atoms with Gasteiger partial charge in [0.25, 0.3) is 10.0 Å². The van der Waals surface area contributed by atoms with Crippen molar-refractivity contribution in [1.82, 2.24) is 14.7 Å². The molecule has 0 fully saturated rings. The first-order valence-corrected chi connectivity index (χ1v) is 10.2. The maximum absolute atomic E-state index is 13.1. The van der Waals surface area contributed by atoms with E-state index in [0.29, 0.717) is 10.6 Å². The summed E-state index contributed by atoms with van der Waals surface area (Å²) in [5, 5.41) is 5.42. The van der Waals surface area contributed by atoms with E-state index < -0.39 is 21.9 Å². The summed E-state index contributed by atoms with van der Waals surface area (Å²) in [6, 6.07) is 9.73. The summed E-state index contributed by atoms with van der Waals surface area (Å²) in [5.41, 5.74) is -0.457. The molecule has 0 saturated carbocycles. The third kappa shape index (κ3) is 4.25. The van der Waals surface area contributed by atoms with Gasteiger partial charge in [-0.05, 0) is 41.8 Å². The van der Waals surface area contributed by atoms with Crippen molar-refractivity contribution in [2.45, 2.75) is 11.1 Å². The third-order valence-electron chi connectivity index (χ3n) is 3.57. The Hall–Kier alpha value is -2.66. The number of alkyl halides is 3. The first-order valence-electron chi connectivity index (χ1n) is 7.86. The molecule has 148 valence electrons. The standard InChI is InChI=1S/C17H15F3N4O2S2/c1-23(2)11-21-28(25,26)13-7-5-12(6-8-13)24-14(15-4-3-9-27-15)10-16(22-24)17(18,19)20/h3-11H,1-2H3/b21-11+. The summed E-state index contributed by atoms with van der Waals surface area (Å²) in [4.78, 5) is 2.01. The number of nitrogens with zero attached hydrogens (tertiary/aromatic N) is 4. The Morgan fingerprint density at radius 2 is 1.86 bits per heavy atom. The second-order valence-corrected chi connectivity index (χ2v) is 8.54. The molecule has 2 aromatic heterocycles. The number of sulfonamides is 1. The van der Waals surface area contributed by atoms with Crippen LogP contribution in [0.5, 0.6) is 0 Å². The molecule has 0 aliphatic carbocycles. The van der Waals surface area contributed by atoms with Crippen molar-refractivity contribution in [3.8, 4) is 16.3 Å². The molecule has 0 bridgehead atoms. The first kappa shape index (κ1) is 20.1. The normalized spacial score (nSPS) is 12.6. The fourth-order valence-corrected chi connectivity index (χ4v) is 3.93. The van der Waals surface area contributed by atoms with Gasteiger partial charge in [0.1, 0.15) is 6.34 Å². The first-order chi connectivity index (χ1) is 13.1. The number of benzene rings is 1. The van der Waals surface area contributed by atoms with Crippen LogP contribution >= 0.6 is 11.3 Å². The number of hydrogen-bond acceptors (Lipinski definition) is 4. The highest BCUT2D eigenvalue weighted by Crippen LogP contribution is 2.34. The molecule has 3 rings (SSSR count). The van der Waals surface area contributed by atoms with Crippen LogP contribution in [0.1, 0.15) is 5.69 Å². The molecule has 0 aliphatic heterocycles. The fourth-order valence-electron chi connectivity index (χ4n) is 2.29. The highest BCUT2D eigenvalue weighted by Gasteiger charge is 2.35. The second-order valence-electron chi connectivity index (χ2n) is 5.96. The lowest BCUT2D eigenvalue weighted by atomic mass is 10.2. The van der Waals surface area contributed by atoms with Crippen LogP contribution in [0.25, 0.3) is 16.3 Å². The predicted octanol–water partition coefficient (Wildman–Crippen LogP) is 3.90. The maximum Gasteiger partial charge on any atom is 0.435 e. The lowest BCUT2D eigenvalue weighted by molar-refractivity contribution is -0.141. The highest BCUT2D eigenvalue weighted by molar-refractivity contribution is 7.90. The van der Waals surface area contributed by atoms with E-state index in [4.69, 9.17) is 0 Å². The minimum absolute atomic E-state index is 0.0739. The molecule has 0 aliphatic rings. The number of rotatable bonds is 5. The van der Waals surface area contributed by atoms with Crippen molar-refractivity contribution in [2.24, 2.45) is 4.40 Å². The average molecular weight is 428 g/mol. The van der Waals surface area contributed by atoms with Gasteiger partial charge in [0.05, 0.1) is 21.2 Å². The quantitative estimate of drug-likeness (QED) is 0.457. The Labute approximate surface area is 163 Å². The van der Waals surface area contributed by atoms with Crippen molar-refractivity contribution in [3.05, 3.63) is 53.5 Å². The van der Waals surface area contributed by atoms with Gasteiger partial charge in [0.2, 0.25) is 0 Å². The Balaban J connectivity index is 2.04. The van der Waals surface area contributed by atoms with E-state index >= 15 is 0 Å². The summed E-state index contributed by atoms with van der Waals surface area (Å²) in [7, 11) is -0.647. The summed E-state index contributed by atoms with van der Waals surface area (Å²) in [6.45, 7) is 0. The van der Waals surface area contributed by atoms with Crippen LogP contribution in [-0.2, 0) is 16.2 Å². The third-order valence-corrected chi connectivity index (χ3v) is 5.70. The van der Waals surface area contributed by atoms with Crippen LogP contribution in [0.3, 0.4) is 0 Å². The molecule has 0 amide bonds. The molecule has 0 spiro atoms. The minimum Gasteiger partial charge on any atom is -0.368 e. The van der Waals surface area contributed by atoms with Gasteiger partial charge in [-0.3, -0.25) is 0 Å². The lowest BCUT2D eigenvalue weighted by Gasteiger charge is -2.08. The van der Waals surface area contributed by atoms with Gasteiger partial charge in [-0.25, -0.2) is 4.68 Å². The van der Waals surface area contributed by atoms with Gasteiger partial charge >= 0.3 is 6.18 Å². The Kier molecular flexibility index (Phi) is 5.31. The van der Waals surface area contributed by atoms with Gasteiger partial charge < -0.3 is 4.90 Å². The number of aromatic nitrogens is 2. The summed E-state index contributed by atoms with van der Waals surface area (Å²) < 4.78 is 68.4. The summed E-state index contributed by atoms with van der Waals surface area (Å²) >= 11 is 1.28. The van der Waals surface area contributed by atoms with Crippen LogP contribution in [-0.4, -0.2) is 43.5 Å². The Bertz CT molecular complexity index is 1080. The topological polar surface area (TPSA) is 67.6 Å². The molecule has 28 heavy (non-hydrogen) atoms. The van der Waals surface area contributed by atoms with Crippen LogP contribution in [0.15, 0.2) is 57.1 Å². The van der Waals surface area contributed by atoms with Crippen molar-refractivity contribution in [3.63, 3.8) is 0 Å². The number of halogens is 3. The molecule has 0 atom stereocenters. The monoisotopic (exact) mass is 428 g/mol. The van der Waals surface area contributed by atoms with E-state index in [0.717, 1.165) is 17.1 Å². The SMILES string of the molecule is CN(C)/C=N/S(=O)(=O)c1ccc(-n2nc(C(F)(F)F)cc2-c2cccs2)cc1. The average Bonchev–Trinajstić information content (AvgIpc) is 3.29. The van der Waals surface area contributed by atoms with Gasteiger partial charge in [-0.15, -0.1) is 15.7 Å². The van der Waals surface area contributed by atoms with Crippen LogP contribution in [0, 0.1) is 0 Å². The smallest absolute Gasteiger partial charge is 0.368 e. The van der Waals surface area contributed by atoms with Crippen molar-refractivity contribution >= 4 is 27.7 Å². The Morgan fingerprint density at radius 1 is 1.18 bits per heavy atom. The molecule has 6 nitrogen and oxygen atoms in total. The molecule has 0 unspecified atom stereocenters. The number of thiophene rings is 1. The highest BCUT2D eigenvalue weighted by atomic mass is 32.2. The molecular weight excluding hydrogens is 413 g/mol. The van der Waals surface area contributed by atoms with Gasteiger partial charge in [0.15, 0.2) is 5.69 Å². The zero-order chi connectivity index (χ0) is 20.5. The number of hydrogen-bond donors (Lipinski definition) is 0. The Morgan fingerprint density at radius 3 is 2.39 bits per heavy atom. The van der Waals surface area contributed by atoms with E-state index in [9.17, 15) is 21.6 Å². The van der Waals surface area contributed by atoms with Gasteiger partial charge in [0, 0.05) is 14.1 Å². The molecule has 1 aromatic carbocycles. The van der Waals surface area contributed by atoms with Gasteiger partial charge in [-0.1, -0.05) is 6.07 Å². The minimum atomic E-state index is -4.60. The molecule has 0 radical (unpaired) electrons. The van der Waals surface area contributed by atoms with E-state index in [1.54, 1.807) is 31.6 Å². The van der Waals surface area contributed by atoms with Crippen LogP contribution < -0.4 is 0 Å². The largest absolute Gasteiger partial charge is 0.435 e. The van der Waals surface area contributed by atoms with E-state index in [2.05, 4.69) is 9.50 Å². The van der Waals surface area contributed by atoms with E-state index in [1.807, 2.05) is 0 Å². The molecular formula is C17H15F3N4O2S2. The molecule has 3 aromatic rings. The molecule has 0 N–H and O–H groups in total. The summed E-state index contributed by atoms with van der Waals surface area (Å²) in [5.74, 6) is 0. The predicted molar refractivity (Wildman–Crippen MR) is 101 cm³/mol. The molecule has 2 heterocycles. The molecule has 0 saturated heterocycles. The summed E-state index contributed by atoms with van der Waals surface area (Å²) in [6.07, 6.45) is -3.44. The second kappa shape index (κ2) is 7.40. The van der Waals surface area contributed by atoms with Gasteiger partial charge in [-0.2, -0.15) is 26.7 Å². The van der Waals surface area contributed by atoms with Crippen LogP contribution in [0.4, 0.5) is 13.2 Å². The lowest BCUT2D eigenvalue weighted by Crippen LogP contribution is -2.10. The van der Waals surface area contributed by atoms with Crippen molar-refractivity contribution in [2.75, 3.05) is 14.1 Å². The fraction of sp³-hybridized carbons (Fsp3) is 0.176. The maximum atomic E-state index is 13.1. The van der Waals surface area contributed by atoms with Crippen molar-refractivity contribution in [1.29, 1.82) is 0 Å². The zero-order valence-corrected chi connectivity index (χ0v) is 16.4. The zero-order valence-electron chi connectivity index (χ0n) is 14.8.